The molecule has 30 heavy (non-hydrogen) atoms. The fourth-order valence-corrected chi connectivity index (χ4v) is 5.34. The van der Waals surface area contributed by atoms with Crippen LogP contribution >= 0.6 is 22.9 Å². The molecule has 0 saturated heterocycles. The van der Waals surface area contributed by atoms with Crippen LogP contribution < -0.4 is 10.0 Å². The van der Waals surface area contributed by atoms with E-state index < -0.39 is 10.0 Å². The minimum absolute atomic E-state index is 0.0285. The van der Waals surface area contributed by atoms with Crippen LogP contribution in [0.3, 0.4) is 0 Å². The Morgan fingerprint density at radius 1 is 1.20 bits per heavy atom. The van der Waals surface area contributed by atoms with Gasteiger partial charge in [0.05, 0.1) is 37.7 Å². The number of anilines is 2. The van der Waals surface area contributed by atoms with Gasteiger partial charge in [-0.25, -0.2) is 23.4 Å². The Balaban J connectivity index is 2.15. The zero-order valence-electron chi connectivity index (χ0n) is 17.2. The Morgan fingerprint density at radius 2 is 1.97 bits per heavy atom. The first kappa shape index (κ1) is 22.5. The first-order valence-corrected chi connectivity index (χ1v) is 12.4. The number of benzene rings is 1. The van der Waals surface area contributed by atoms with Crippen molar-refractivity contribution in [3.63, 3.8) is 0 Å². The smallest absolute Gasteiger partial charge is 0.232 e. The lowest BCUT2D eigenvalue weighted by Gasteiger charge is -2.12. The van der Waals surface area contributed by atoms with Crippen LogP contribution in [0.2, 0.25) is 5.02 Å². The van der Waals surface area contributed by atoms with E-state index in [0.717, 1.165) is 15.6 Å². The molecule has 7 nitrogen and oxygen atoms in total. The number of nitrogens with one attached hydrogen (secondary N) is 2. The maximum atomic E-state index is 12.2. The Morgan fingerprint density at radius 3 is 2.63 bits per heavy atom. The van der Waals surface area contributed by atoms with Crippen LogP contribution in [-0.2, 0) is 10.0 Å². The van der Waals surface area contributed by atoms with Crippen molar-refractivity contribution in [2.75, 3.05) is 22.8 Å². The summed E-state index contributed by atoms with van der Waals surface area (Å²) in [5.41, 5.74) is 2.38. The SMILES string of the molecule is CCCS(=O)(=O)Nc1cccc(-c2nc(C(C)C)sc2-c2ccnc(NC)n2)c1Cl. The summed E-state index contributed by atoms with van der Waals surface area (Å²) in [4.78, 5) is 14.4. The fourth-order valence-electron chi connectivity index (χ4n) is 2.83. The van der Waals surface area contributed by atoms with Gasteiger partial charge in [0.1, 0.15) is 0 Å². The lowest BCUT2D eigenvalue weighted by atomic mass is 10.1. The zero-order valence-corrected chi connectivity index (χ0v) is 19.6. The van der Waals surface area contributed by atoms with Crippen molar-refractivity contribution in [2.24, 2.45) is 0 Å². The van der Waals surface area contributed by atoms with Gasteiger partial charge >= 0.3 is 0 Å². The Labute approximate surface area is 186 Å². The molecule has 0 amide bonds. The molecule has 0 bridgehead atoms. The minimum atomic E-state index is -3.47. The summed E-state index contributed by atoms with van der Waals surface area (Å²) in [5, 5.41) is 4.19. The van der Waals surface area contributed by atoms with Crippen molar-refractivity contribution in [2.45, 2.75) is 33.1 Å². The highest BCUT2D eigenvalue weighted by Gasteiger charge is 2.22. The number of thiazole rings is 1. The summed E-state index contributed by atoms with van der Waals surface area (Å²) in [6.07, 6.45) is 2.20. The van der Waals surface area contributed by atoms with Gasteiger partial charge in [-0.2, -0.15) is 0 Å². The van der Waals surface area contributed by atoms with Gasteiger partial charge in [-0.05, 0) is 18.6 Å². The topological polar surface area (TPSA) is 96.9 Å². The van der Waals surface area contributed by atoms with Gasteiger partial charge < -0.3 is 5.32 Å². The van der Waals surface area contributed by atoms with Gasteiger partial charge in [-0.1, -0.05) is 44.5 Å². The summed E-state index contributed by atoms with van der Waals surface area (Å²) >= 11 is 8.19. The number of nitrogens with zero attached hydrogens (tertiary/aromatic N) is 3. The normalized spacial score (nSPS) is 11.7. The van der Waals surface area contributed by atoms with Crippen molar-refractivity contribution < 1.29 is 8.42 Å². The molecule has 0 saturated carbocycles. The third-order valence-electron chi connectivity index (χ3n) is 4.24. The number of aromatic nitrogens is 3. The van der Waals surface area contributed by atoms with E-state index in [2.05, 4.69) is 33.9 Å². The standard InChI is InChI=1S/C20H24ClN5O2S2/c1-5-11-30(27,28)26-14-8-6-7-13(16(14)21)17-18(29-19(25-17)12(2)3)15-9-10-23-20(22-4)24-15/h6-10,12,26H,5,11H2,1-4H3,(H,22,23,24). The van der Waals surface area contributed by atoms with Crippen LogP contribution in [0.25, 0.3) is 21.8 Å². The largest absolute Gasteiger partial charge is 0.357 e. The van der Waals surface area contributed by atoms with E-state index in [1.54, 1.807) is 36.7 Å². The molecule has 0 radical (unpaired) electrons. The molecule has 0 aliphatic carbocycles. The lowest BCUT2D eigenvalue weighted by Crippen LogP contribution is -2.16. The van der Waals surface area contributed by atoms with Crippen LogP contribution in [0.4, 0.5) is 11.6 Å². The van der Waals surface area contributed by atoms with Crippen LogP contribution in [0.1, 0.15) is 38.1 Å². The lowest BCUT2D eigenvalue weighted by molar-refractivity contribution is 0.600. The van der Waals surface area contributed by atoms with Gasteiger partial charge in [0.25, 0.3) is 0 Å². The second-order valence-corrected chi connectivity index (χ2v) is 10.2. The van der Waals surface area contributed by atoms with Crippen molar-refractivity contribution >= 4 is 44.6 Å². The van der Waals surface area contributed by atoms with Crippen molar-refractivity contribution in [1.82, 2.24) is 15.0 Å². The number of hydrogen-bond acceptors (Lipinski definition) is 7. The highest BCUT2D eigenvalue weighted by molar-refractivity contribution is 7.92. The maximum absolute atomic E-state index is 12.2. The Bertz CT molecular complexity index is 1150. The number of hydrogen-bond donors (Lipinski definition) is 2. The summed E-state index contributed by atoms with van der Waals surface area (Å²) in [6.45, 7) is 5.96. The van der Waals surface area contributed by atoms with Crippen molar-refractivity contribution in [3.05, 3.63) is 40.5 Å². The zero-order chi connectivity index (χ0) is 21.9. The predicted molar refractivity (Wildman–Crippen MR) is 125 cm³/mol. The molecular weight excluding hydrogens is 442 g/mol. The minimum Gasteiger partial charge on any atom is -0.357 e. The second-order valence-electron chi connectivity index (χ2n) is 6.99. The van der Waals surface area contributed by atoms with Crippen LogP contribution in [0, 0.1) is 0 Å². The third-order valence-corrected chi connectivity index (χ3v) is 7.50. The van der Waals surface area contributed by atoms with Crippen LogP contribution in [-0.4, -0.2) is 36.2 Å². The van der Waals surface area contributed by atoms with E-state index in [1.165, 1.54) is 0 Å². The highest BCUT2D eigenvalue weighted by atomic mass is 35.5. The van der Waals surface area contributed by atoms with E-state index in [4.69, 9.17) is 16.6 Å². The summed E-state index contributed by atoms with van der Waals surface area (Å²) in [6, 6.07) is 7.08. The molecule has 0 unspecified atom stereocenters. The first-order chi connectivity index (χ1) is 14.3. The van der Waals surface area contributed by atoms with Gasteiger partial charge in [-0.3, -0.25) is 4.72 Å². The summed E-state index contributed by atoms with van der Waals surface area (Å²) in [7, 11) is -1.71. The van der Waals surface area contributed by atoms with E-state index in [9.17, 15) is 8.42 Å². The predicted octanol–water partition coefficient (Wildman–Crippen LogP) is 5.24. The van der Waals surface area contributed by atoms with Gasteiger partial charge in [0.15, 0.2) is 0 Å². The average molecular weight is 466 g/mol. The van der Waals surface area contributed by atoms with Crippen molar-refractivity contribution in [1.29, 1.82) is 0 Å². The average Bonchev–Trinajstić information content (AvgIpc) is 3.15. The quantitative estimate of drug-likeness (QED) is 0.472. The molecule has 3 aromatic rings. The Hall–Kier alpha value is -2.23. The fraction of sp³-hybridized carbons (Fsp3) is 0.350. The van der Waals surface area contributed by atoms with E-state index in [0.29, 0.717) is 34.3 Å². The van der Waals surface area contributed by atoms with E-state index in [-0.39, 0.29) is 11.7 Å². The highest BCUT2D eigenvalue weighted by Crippen LogP contribution is 2.42. The van der Waals surface area contributed by atoms with E-state index in [1.807, 2.05) is 19.1 Å². The molecule has 2 aromatic heterocycles. The van der Waals surface area contributed by atoms with Gasteiger partial charge in [0, 0.05) is 24.7 Å². The molecule has 0 spiro atoms. The molecular formula is C20H24ClN5O2S2. The maximum Gasteiger partial charge on any atom is 0.232 e. The molecule has 2 heterocycles. The molecule has 0 atom stereocenters. The number of sulfonamides is 1. The number of rotatable bonds is 8. The van der Waals surface area contributed by atoms with Gasteiger partial charge in [-0.15, -0.1) is 11.3 Å². The first-order valence-electron chi connectivity index (χ1n) is 9.57. The van der Waals surface area contributed by atoms with Crippen LogP contribution in [0.15, 0.2) is 30.5 Å². The summed E-state index contributed by atoms with van der Waals surface area (Å²) < 4.78 is 27.1. The second kappa shape index (κ2) is 9.28. The van der Waals surface area contributed by atoms with Gasteiger partial charge in [0.2, 0.25) is 16.0 Å². The molecule has 0 aliphatic heterocycles. The summed E-state index contributed by atoms with van der Waals surface area (Å²) in [5.74, 6) is 0.754. The molecule has 0 aliphatic rings. The number of halogens is 1. The molecule has 1 aromatic carbocycles. The molecule has 10 heteroatoms. The molecule has 160 valence electrons. The molecule has 2 N–H and O–H groups in total. The van der Waals surface area contributed by atoms with E-state index >= 15 is 0 Å². The molecule has 0 fully saturated rings. The van der Waals surface area contributed by atoms with Crippen LogP contribution in [0.5, 0.6) is 0 Å². The van der Waals surface area contributed by atoms with Crippen molar-refractivity contribution in [3.8, 4) is 21.8 Å². The molecule has 3 rings (SSSR count). The monoisotopic (exact) mass is 465 g/mol. The third kappa shape index (κ3) is 4.91. The Kier molecular flexibility index (Phi) is 6.95.